The number of nitrogens with one attached hydrogen (secondary N) is 1. The molecule has 0 atom stereocenters. The van der Waals surface area contributed by atoms with Crippen LogP contribution in [0.25, 0.3) is 0 Å². The molecule has 4 nitrogen and oxygen atoms in total. The zero-order chi connectivity index (χ0) is 7.28. The maximum absolute atomic E-state index is 4.84. The summed E-state index contributed by atoms with van der Waals surface area (Å²) in [6, 6.07) is 0. The Bertz CT molecular complexity index is 64.0. The fraction of sp³-hybridized carbons (Fsp3) is 1.00. The number of nitrogens with zero attached hydrogens (tertiary/aromatic N) is 1. The summed E-state index contributed by atoms with van der Waals surface area (Å²) >= 11 is 0. The second kappa shape index (κ2) is 4.69. The van der Waals surface area contributed by atoms with Crippen molar-refractivity contribution < 1.29 is 9.47 Å². The minimum absolute atomic E-state index is 0.347. The molecule has 9 heavy (non-hydrogen) atoms. The summed E-state index contributed by atoms with van der Waals surface area (Å²) in [6.45, 7) is 0. The zero-order valence-electron chi connectivity index (χ0n) is 6.34. The van der Waals surface area contributed by atoms with Crippen molar-refractivity contribution in [1.29, 1.82) is 0 Å². The van der Waals surface area contributed by atoms with E-state index in [9.17, 15) is 0 Å². The van der Waals surface area contributed by atoms with Gasteiger partial charge in [-0.3, -0.25) is 0 Å². The lowest BCUT2D eigenvalue weighted by molar-refractivity contribution is -0.151. The van der Waals surface area contributed by atoms with E-state index in [1.54, 1.807) is 19.2 Å². The van der Waals surface area contributed by atoms with Gasteiger partial charge in [-0.2, -0.15) is 0 Å². The van der Waals surface area contributed by atoms with Gasteiger partial charge >= 0.3 is 0 Å². The van der Waals surface area contributed by atoms with Crippen molar-refractivity contribution in [1.82, 2.24) is 10.4 Å². The van der Waals surface area contributed by atoms with Crippen molar-refractivity contribution in [3.8, 4) is 0 Å². The molecule has 4 heteroatoms. The summed E-state index contributed by atoms with van der Waals surface area (Å²) in [4.78, 5) is 0. The van der Waals surface area contributed by atoms with Gasteiger partial charge in [0.05, 0.1) is 0 Å². The van der Waals surface area contributed by atoms with E-state index in [1.807, 2.05) is 14.1 Å². The largest absolute Gasteiger partial charge is 0.342 e. The lowest BCUT2D eigenvalue weighted by Gasteiger charge is -2.19. The smallest absolute Gasteiger partial charge is 0.228 e. The van der Waals surface area contributed by atoms with Gasteiger partial charge in [0.2, 0.25) is 6.41 Å². The van der Waals surface area contributed by atoms with Crippen LogP contribution in [0.3, 0.4) is 0 Å². The molecule has 0 spiro atoms. The number of hydrogen-bond acceptors (Lipinski definition) is 4. The molecule has 0 radical (unpaired) electrons. The van der Waals surface area contributed by atoms with E-state index in [0.717, 1.165) is 0 Å². The average Bonchev–Trinajstić information content (AvgIpc) is 1.82. The van der Waals surface area contributed by atoms with Crippen molar-refractivity contribution in [3.63, 3.8) is 0 Å². The summed E-state index contributed by atoms with van der Waals surface area (Å²) in [7, 11) is 6.88. The second-order valence-electron chi connectivity index (χ2n) is 1.83. The van der Waals surface area contributed by atoms with Crippen LogP contribution in [0.5, 0.6) is 0 Å². The van der Waals surface area contributed by atoms with Crippen LogP contribution in [-0.2, 0) is 9.47 Å². The van der Waals surface area contributed by atoms with E-state index in [4.69, 9.17) is 9.47 Å². The van der Waals surface area contributed by atoms with Crippen LogP contribution >= 0.6 is 0 Å². The van der Waals surface area contributed by atoms with Crippen LogP contribution in [0.15, 0.2) is 0 Å². The van der Waals surface area contributed by atoms with Gasteiger partial charge in [-0.05, 0) is 0 Å². The van der Waals surface area contributed by atoms with Crippen LogP contribution < -0.4 is 5.43 Å². The molecule has 0 aliphatic carbocycles. The van der Waals surface area contributed by atoms with E-state index in [-0.39, 0.29) is 6.41 Å². The monoisotopic (exact) mass is 134 g/mol. The number of hydrazine groups is 1. The molecule has 0 aliphatic heterocycles. The first kappa shape index (κ1) is 8.84. The predicted octanol–water partition coefficient (Wildman–Crippen LogP) is -0.371. The quantitative estimate of drug-likeness (QED) is 0.420. The average molecular weight is 134 g/mol. The number of methoxy groups -OCH3 is 2. The van der Waals surface area contributed by atoms with E-state index < -0.39 is 0 Å². The Morgan fingerprint density at radius 1 is 1.22 bits per heavy atom. The fourth-order valence-electron chi connectivity index (χ4n) is 0.412. The lowest BCUT2D eigenvalue weighted by atomic mass is 11.0. The van der Waals surface area contributed by atoms with Gasteiger partial charge in [-0.1, -0.05) is 0 Å². The Morgan fingerprint density at radius 3 is 1.78 bits per heavy atom. The SMILES string of the molecule is COC(NN(C)C)OC. The zero-order valence-corrected chi connectivity index (χ0v) is 6.34. The molecule has 56 valence electrons. The standard InChI is InChI=1S/C5H14N2O2/c1-7(2)6-5(8-3)9-4/h5-6H,1-4H3. The van der Waals surface area contributed by atoms with E-state index in [1.165, 1.54) is 0 Å². The fourth-order valence-corrected chi connectivity index (χ4v) is 0.412. The molecule has 0 aromatic heterocycles. The second-order valence-corrected chi connectivity index (χ2v) is 1.83. The minimum atomic E-state index is -0.347. The normalized spacial score (nSPS) is 11.3. The molecular formula is C5H14N2O2. The van der Waals surface area contributed by atoms with Crippen molar-refractivity contribution in [2.24, 2.45) is 0 Å². The first-order valence-corrected chi connectivity index (χ1v) is 2.69. The lowest BCUT2D eigenvalue weighted by Crippen LogP contribution is -2.41. The minimum Gasteiger partial charge on any atom is -0.342 e. The molecule has 0 heterocycles. The van der Waals surface area contributed by atoms with Crippen LogP contribution in [-0.4, -0.2) is 39.7 Å². The van der Waals surface area contributed by atoms with Crippen molar-refractivity contribution in [2.75, 3.05) is 28.3 Å². The predicted molar refractivity (Wildman–Crippen MR) is 34.6 cm³/mol. The maximum atomic E-state index is 4.84. The van der Waals surface area contributed by atoms with Crippen molar-refractivity contribution in [2.45, 2.75) is 6.41 Å². The third kappa shape index (κ3) is 4.35. The van der Waals surface area contributed by atoms with Crippen LogP contribution in [0, 0.1) is 0 Å². The Labute approximate surface area is 55.7 Å². The van der Waals surface area contributed by atoms with Crippen molar-refractivity contribution in [3.05, 3.63) is 0 Å². The highest BCUT2D eigenvalue weighted by Gasteiger charge is 2.02. The number of rotatable bonds is 4. The first-order chi connectivity index (χ1) is 4.20. The molecule has 0 saturated heterocycles. The van der Waals surface area contributed by atoms with Gasteiger partial charge in [0.15, 0.2) is 0 Å². The summed E-state index contributed by atoms with van der Waals surface area (Å²) in [5.41, 5.74) is 2.87. The summed E-state index contributed by atoms with van der Waals surface area (Å²) < 4.78 is 9.67. The Kier molecular flexibility index (Phi) is 4.61. The number of ether oxygens (including phenoxy) is 2. The molecule has 1 N–H and O–H groups in total. The van der Waals surface area contributed by atoms with Crippen LogP contribution in [0.2, 0.25) is 0 Å². The molecule has 0 unspecified atom stereocenters. The summed E-state index contributed by atoms with van der Waals surface area (Å²) in [5.74, 6) is 0. The van der Waals surface area contributed by atoms with Gasteiger partial charge in [0, 0.05) is 28.3 Å². The van der Waals surface area contributed by atoms with Crippen molar-refractivity contribution >= 4 is 0 Å². The highest BCUT2D eigenvalue weighted by molar-refractivity contribution is 4.30. The Balaban J connectivity index is 3.31. The molecule has 0 bridgehead atoms. The van der Waals surface area contributed by atoms with Gasteiger partial charge in [0.25, 0.3) is 0 Å². The van der Waals surface area contributed by atoms with E-state index >= 15 is 0 Å². The Morgan fingerprint density at radius 2 is 1.67 bits per heavy atom. The van der Waals surface area contributed by atoms with Crippen LogP contribution in [0.4, 0.5) is 0 Å². The summed E-state index contributed by atoms with van der Waals surface area (Å²) in [5, 5.41) is 1.76. The summed E-state index contributed by atoms with van der Waals surface area (Å²) in [6.07, 6.45) is -0.347. The highest BCUT2D eigenvalue weighted by Crippen LogP contribution is 1.83. The van der Waals surface area contributed by atoms with Gasteiger partial charge in [0.1, 0.15) is 0 Å². The molecule has 0 aliphatic rings. The van der Waals surface area contributed by atoms with E-state index in [2.05, 4.69) is 5.43 Å². The Hall–Kier alpha value is -0.160. The first-order valence-electron chi connectivity index (χ1n) is 2.69. The third-order valence-corrected chi connectivity index (χ3v) is 0.792. The molecule has 0 aromatic carbocycles. The van der Waals surface area contributed by atoms with Gasteiger partial charge in [-0.15, -0.1) is 0 Å². The molecule has 0 rings (SSSR count). The molecule has 0 fully saturated rings. The maximum Gasteiger partial charge on any atom is 0.228 e. The highest BCUT2D eigenvalue weighted by atomic mass is 16.7. The van der Waals surface area contributed by atoms with Gasteiger partial charge < -0.3 is 9.47 Å². The van der Waals surface area contributed by atoms with E-state index in [0.29, 0.717) is 0 Å². The topological polar surface area (TPSA) is 33.7 Å². The molecular weight excluding hydrogens is 120 g/mol. The molecule has 0 saturated carbocycles. The molecule has 0 amide bonds. The van der Waals surface area contributed by atoms with Gasteiger partial charge in [-0.25, -0.2) is 10.4 Å². The third-order valence-electron chi connectivity index (χ3n) is 0.792. The molecule has 0 aromatic rings. The number of hydrogen-bond donors (Lipinski definition) is 1. The van der Waals surface area contributed by atoms with Crippen LogP contribution in [0.1, 0.15) is 0 Å².